The van der Waals surface area contributed by atoms with Gasteiger partial charge in [-0.2, -0.15) is 0 Å². The second kappa shape index (κ2) is 8.06. The van der Waals surface area contributed by atoms with E-state index in [1.807, 2.05) is 54.6 Å². The van der Waals surface area contributed by atoms with E-state index in [2.05, 4.69) is 20.9 Å². The Hall–Kier alpha value is -2.80. The summed E-state index contributed by atoms with van der Waals surface area (Å²) in [4.78, 5) is 31.6. The number of halogens is 1. The maximum atomic E-state index is 12.8. The minimum absolute atomic E-state index is 0.0513. The van der Waals surface area contributed by atoms with Crippen LogP contribution in [0.2, 0.25) is 0 Å². The average molecular weight is 442 g/mol. The molecule has 0 spiro atoms. The topological polar surface area (TPSA) is 65.6 Å². The number of aromatic amines is 1. The van der Waals surface area contributed by atoms with Crippen LogP contribution in [-0.4, -0.2) is 53.0 Å². The number of carbonyl (C=O) groups excluding carboxylic acids is 2. The summed E-state index contributed by atoms with van der Waals surface area (Å²) in [5, 5.41) is 0.987. The Balaban J connectivity index is 1.32. The maximum Gasteiger partial charge on any atom is 0.410 e. The normalized spacial score (nSPS) is 14.3. The van der Waals surface area contributed by atoms with Gasteiger partial charge in [0.1, 0.15) is 12.3 Å². The number of piperazine rings is 1. The van der Waals surface area contributed by atoms with Gasteiger partial charge in [-0.1, -0.05) is 46.3 Å². The Morgan fingerprint density at radius 2 is 1.68 bits per heavy atom. The van der Waals surface area contributed by atoms with E-state index in [1.165, 1.54) is 0 Å². The zero-order chi connectivity index (χ0) is 19.5. The van der Waals surface area contributed by atoms with Crippen LogP contribution < -0.4 is 0 Å². The molecule has 2 heterocycles. The van der Waals surface area contributed by atoms with Crippen LogP contribution in [0.3, 0.4) is 0 Å². The lowest BCUT2D eigenvalue weighted by atomic mass is 10.2. The summed E-state index contributed by atoms with van der Waals surface area (Å²) in [6.45, 7) is 2.15. The smallest absolute Gasteiger partial charge is 0.410 e. The van der Waals surface area contributed by atoms with E-state index in [1.54, 1.807) is 9.80 Å². The number of benzene rings is 2. The zero-order valence-electron chi connectivity index (χ0n) is 15.2. The summed E-state index contributed by atoms with van der Waals surface area (Å²) in [6, 6.07) is 17.3. The molecule has 1 aliphatic rings. The summed E-state index contributed by atoms with van der Waals surface area (Å²) in [5.41, 5.74) is 2.44. The van der Waals surface area contributed by atoms with Gasteiger partial charge in [-0.15, -0.1) is 0 Å². The minimum atomic E-state index is -0.341. The molecule has 0 saturated carbocycles. The third kappa shape index (κ3) is 4.04. The lowest BCUT2D eigenvalue weighted by Crippen LogP contribution is -2.50. The number of fused-ring (bicyclic) bond motifs is 1. The molecule has 1 fully saturated rings. The van der Waals surface area contributed by atoms with Gasteiger partial charge in [-0.3, -0.25) is 4.79 Å². The first-order chi connectivity index (χ1) is 13.6. The highest BCUT2D eigenvalue weighted by atomic mass is 79.9. The molecule has 144 valence electrons. The van der Waals surface area contributed by atoms with Gasteiger partial charge in [0.25, 0.3) is 5.91 Å². The lowest BCUT2D eigenvalue weighted by Gasteiger charge is -2.33. The first-order valence-electron chi connectivity index (χ1n) is 9.13. The van der Waals surface area contributed by atoms with E-state index in [4.69, 9.17) is 4.74 Å². The maximum absolute atomic E-state index is 12.8. The van der Waals surface area contributed by atoms with Gasteiger partial charge >= 0.3 is 6.09 Å². The number of hydrogen-bond acceptors (Lipinski definition) is 3. The van der Waals surface area contributed by atoms with Crippen LogP contribution in [0.1, 0.15) is 16.1 Å². The van der Waals surface area contributed by atoms with Crippen molar-refractivity contribution in [1.82, 2.24) is 14.8 Å². The second-order valence-electron chi connectivity index (χ2n) is 6.73. The molecule has 2 amide bonds. The molecule has 7 heteroatoms. The van der Waals surface area contributed by atoms with Crippen molar-refractivity contribution < 1.29 is 14.3 Å². The largest absolute Gasteiger partial charge is 0.445 e. The highest BCUT2D eigenvalue weighted by molar-refractivity contribution is 9.10. The number of amides is 2. The van der Waals surface area contributed by atoms with Crippen LogP contribution in [0.15, 0.2) is 59.1 Å². The number of H-pyrrole nitrogens is 1. The first-order valence-corrected chi connectivity index (χ1v) is 9.92. The van der Waals surface area contributed by atoms with Crippen molar-refractivity contribution in [3.8, 4) is 0 Å². The van der Waals surface area contributed by atoms with Crippen molar-refractivity contribution >= 4 is 38.8 Å². The quantitative estimate of drug-likeness (QED) is 0.667. The third-order valence-electron chi connectivity index (χ3n) is 4.84. The molecule has 1 aromatic heterocycles. The van der Waals surface area contributed by atoms with Crippen LogP contribution in [0.5, 0.6) is 0 Å². The van der Waals surface area contributed by atoms with E-state index >= 15 is 0 Å². The predicted octanol–water partition coefficient (Wildman–Crippen LogP) is 4.03. The molecule has 1 saturated heterocycles. The summed E-state index contributed by atoms with van der Waals surface area (Å²) in [5.74, 6) is -0.0513. The monoisotopic (exact) mass is 441 g/mol. The lowest BCUT2D eigenvalue weighted by molar-refractivity contribution is 0.0540. The molecule has 0 bridgehead atoms. The Morgan fingerprint density at radius 1 is 0.964 bits per heavy atom. The van der Waals surface area contributed by atoms with Crippen LogP contribution in [-0.2, 0) is 11.3 Å². The van der Waals surface area contributed by atoms with E-state index in [-0.39, 0.29) is 18.6 Å². The van der Waals surface area contributed by atoms with Crippen molar-refractivity contribution in [1.29, 1.82) is 0 Å². The molecule has 6 nitrogen and oxygen atoms in total. The first kappa shape index (κ1) is 18.6. The molecular formula is C21H20BrN3O3. The van der Waals surface area contributed by atoms with E-state index in [0.29, 0.717) is 31.9 Å². The number of rotatable bonds is 3. The minimum Gasteiger partial charge on any atom is -0.445 e. The number of hydrogen-bond donors (Lipinski definition) is 1. The molecule has 0 unspecified atom stereocenters. The number of nitrogens with one attached hydrogen (secondary N) is 1. The molecule has 0 radical (unpaired) electrons. The van der Waals surface area contributed by atoms with E-state index in [0.717, 1.165) is 20.9 Å². The van der Waals surface area contributed by atoms with Crippen LogP contribution >= 0.6 is 15.9 Å². The summed E-state index contributed by atoms with van der Waals surface area (Å²) in [7, 11) is 0. The molecule has 3 aromatic rings. The molecule has 1 aliphatic heterocycles. The fourth-order valence-corrected chi connectivity index (χ4v) is 3.67. The Kier molecular flexibility index (Phi) is 5.34. The Morgan fingerprint density at radius 3 is 2.43 bits per heavy atom. The molecule has 28 heavy (non-hydrogen) atoms. The van der Waals surface area contributed by atoms with Crippen molar-refractivity contribution in [2.75, 3.05) is 26.2 Å². The molecule has 0 aliphatic carbocycles. The SMILES string of the molecule is O=C(OCc1ccccc1)N1CCN(C(=O)c2cc3cc(Br)ccc3[nH]2)CC1. The predicted molar refractivity (Wildman–Crippen MR) is 110 cm³/mol. The Bertz CT molecular complexity index is 995. The molecule has 0 atom stereocenters. The van der Waals surface area contributed by atoms with Crippen LogP contribution in [0.25, 0.3) is 10.9 Å². The van der Waals surface area contributed by atoms with Gasteiger partial charge in [0.05, 0.1) is 0 Å². The number of ether oxygens (including phenoxy) is 1. The summed E-state index contributed by atoms with van der Waals surface area (Å²) < 4.78 is 6.34. The van der Waals surface area contributed by atoms with Gasteiger partial charge in [-0.05, 0) is 29.8 Å². The molecule has 1 N–H and O–H groups in total. The van der Waals surface area contributed by atoms with Gasteiger partial charge in [0.2, 0.25) is 0 Å². The standard InChI is InChI=1S/C21H20BrN3O3/c22-17-6-7-18-16(12-17)13-19(23-18)20(26)24-8-10-25(11-9-24)21(27)28-14-15-4-2-1-3-5-15/h1-7,12-13,23H,8-11,14H2. The van der Waals surface area contributed by atoms with Gasteiger partial charge < -0.3 is 19.5 Å². The molecule has 2 aromatic carbocycles. The van der Waals surface area contributed by atoms with Gasteiger partial charge in [-0.25, -0.2) is 4.79 Å². The highest BCUT2D eigenvalue weighted by Gasteiger charge is 2.26. The second-order valence-corrected chi connectivity index (χ2v) is 7.65. The van der Waals surface area contributed by atoms with E-state index < -0.39 is 0 Å². The van der Waals surface area contributed by atoms with Crippen molar-refractivity contribution in [3.05, 3.63) is 70.3 Å². The van der Waals surface area contributed by atoms with Gasteiger partial charge in [0, 0.05) is 41.6 Å². The summed E-state index contributed by atoms with van der Waals surface area (Å²) >= 11 is 3.44. The fourth-order valence-electron chi connectivity index (χ4n) is 3.29. The number of carbonyl (C=O) groups is 2. The number of nitrogens with zero attached hydrogens (tertiary/aromatic N) is 2. The number of aromatic nitrogens is 1. The van der Waals surface area contributed by atoms with Crippen molar-refractivity contribution in [2.45, 2.75) is 6.61 Å². The van der Waals surface area contributed by atoms with Crippen LogP contribution in [0.4, 0.5) is 4.79 Å². The summed E-state index contributed by atoms with van der Waals surface area (Å²) in [6.07, 6.45) is -0.341. The Labute approximate surface area is 171 Å². The van der Waals surface area contributed by atoms with Gasteiger partial charge in [0.15, 0.2) is 0 Å². The highest BCUT2D eigenvalue weighted by Crippen LogP contribution is 2.21. The van der Waals surface area contributed by atoms with Crippen molar-refractivity contribution in [2.24, 2.45) is 0 Å². The van der Waals surface area contributed by atoms with Crippen LogP contribution in [0, 0.1) is 0 Å². The van der Waals surface area contributed by atoms with Crippen molar-refractivity contribution in [3.63, 3.8) is 0 Å². The third-order valence-corrected chi connectivity index (χ3v) is 5.34. The zero-order valence-corrected chi connectivity index (χ0v) is 16.8. The van der Waals surface area contributed by atoms with E-state index in [9.17, 15) is 9.59 Å². The molecular weight excluding hydrogens is 422 g/mol. The average Bonchev–Trinajstić information content (AvgIpc) is 3.15. The molecule has 4 rings (SSSR count). The fraction of sp³-hybridized carbons (Fsp3) is 0.238.